The van der Waals surface area contributed by atoms with Crippen molar-refractivity contribution in [3.63, 3.8) is 0 Å². The summed E-state index contributed by atoms with van der Waals surface area (Å²) in [6, 6.07) is 0. The van der Waals surface area contributed by atoms with E-state index in [-0.39, 0.29) is 17.8 Å². The molecule has 4 heteroatoms. The summed E-state index contributed by atoms with van der Waals surface area (Å²) in [5.74, 6) is 1.89. The van der Waals surface area contributed by atoms with Gasteiger partial charge in [0.25, 0.3) is 0 Å². The summed E-state index contributed by atoms with van der Waals surface area (Å²) in [7, 11) is 11.0. The van der Waals surface area contributed by atoms with Crippen LogP contribution in [0.3, 0.4) is 0 Å². The number of hydrogen-bond acceptors (Lipinski definition) is 1. The highest BCUT2D eigenvalue weighted by atomic mass is 16.1. The van der Waals surface area contributed by atoms with Gasteiger partial charge >= 0.3 is 0 Å². The molecule has 0 aliphatic heterocycles. The van der Waals surface area contributed by atoms with Crippen LogP contribution in [0.2, 0.25) is 0 Å². The molecule has 0 spiro atoms. The van der Waals surface area contributed by atoms with E-state index in [1.54, 1.807) is 13.0 Å². The average Bonchev–Trinajstić information content (AvgIpc) is 2.10. The van der Waals surface area contributed by atoms with E-state index in [4.69, 9.17) is 27.8 Å². The van der Waals surface area contributed by atoms with Gasteiger partial charge in [-0.3, -0.25) is 4.79 Å². The highest BCUT2D eigenvalue weighted by molar-refractivity contribution is 6.25. The van der Waals surface area contributed by atoms with E-state index in [0.29, 0.717) is 11.9 Å². The molecule has 0 saturated heterocycles. The molecule has 1 amide bonds. The fraction of sp³-hybridized carbons (Fsp3) is 0.300. The van der Waals surface area contributed by atoms with E-state index in [2.05, 4.69) is 5.92 Å². The summed E-state index contributed by atoms with van der Waals surface area (Å²) >= 11 is 0. The molecule has 0 aliphatic carbocycles. The van der Waals surface area contributed by atoms with Crippen LogP contribution in [-0.2, 0) is 4.79 Å². The van der Waals surface area contributed by atoms with Crippen LogP contribution in [0.1, 0.15) is 19.8 Å². The lowest BCUT2D eigenvalue weighted by molar-refractivity contribution is -0.117. The summed E-state index contributed by atoms with van der Waals surface area (Å²) in [6.07, 6.45) is 7.35. The maximum atomic E-state index is 10.5. The fourth-order valence-corrected chi connectivity index (χ4v) is 0.870. The molecule has 0 heterocycles. The van der Waals surface area contributed by atoms with Gasteiger partial charge in [-0.2, -0.15) is 0 Å². The molecule has 2 nitrogen and oxygen atoms in total. The Labute approximate surface area is 87.4 Å². The molecule has 0 fully saturated rings. The Morgan fingerprint density at radius 1 is 1.50 bits per heavy atom. The van der Waals surface area contributed by atoms with Crippen LogP contribution >= 0.6 is 0 Å². The predicted octanol–water partition coefficient (Wildman–Crippen LogP) is 0.380. The number of rotatable bonds is 4. The van der Waals surface area contributed by atoms with Crippen LogP contribution in [0.4, 0.5) is 0 Å². The van der Waals surface area contributed by atoms with Gasteiger partial charge in [0.05, 0.1) is 0 Å². The minimum Gasteiger partial charge on any atom is -0.370 e. The maximum Gasteiger partial charge on any atom is 0.217 e. The molecule has 0 atom stereocenters. The molecular formula is C10H11B2NO. The zero-order chi connectivity index (χ0) is 11.1. The normalized spacial score (nSPS) is 13.0. The molecule has 0 aromatic heterocycles. The van der Waals surface area contributed by atoms with E-state index in [9.17, 15) is 4.79 Å². The molecule has 2 N–H and O–H groups in total. The molecule has 68 valence electrons. The third-order valence-electron chi connectivity index (χ3n) is 1.64. The Kier molecular flexibility index (Phi) is 5.55. The summed E-state index contributed by atoms with van der Waals surface area (Å²) < 4.78 is 0. The van der Waals surface area contributed by atoms with Crippen molar-refractivity contribution < 1.29 is 4.79 Å². The second-order valence-electron chi connectivity index (χ2n) is 2.92. The number of carbonyl (C=O) groups is 1. The first-order chi connectivity index (χ1) is 6.47. The van der Waals surface area contributed by atoms with Crippen molar-refractivity contribution in [3.8, 4) is 12.3 Å². The van der Waals surface area contributed by atoms with Gasteiger partial charge in [0.1, 0.15) is 15.7 Å². The molecule has 0 bridgehead atoms. The molecule has 0 aromatic rings. The van der Waals surface area contributed by atoms with Gasteiger partial charge in [-0.15, -0.1) is 11.9 Å². The quantitative estimate of drug-likeness (QED) is 0.382. The molecule has 0 aromatic carbocycles. The lowest BCUT2D eigenvalue weighted by Gasteiger charge is -2.04. The van der Waals surface area contributed by atoms with Crippen LogP contribution in [-0.4, -0.2) is 21.6 Å². The van der Waals surface area contributed by atoms with Crippen LogP contribution < -0.4 is 5.73 Å². The number of hydrogen-bond donors (Lipinski definition) is 1. The van der Waals surface area contributed by atoms with E-state index >= 15 is 0 Å². The standard InChI is InChI=1S/C10H11B2NO/c1-3-9(12)6-8(7(2)11)4-5-10(13)14/h1,6H,4-5H2,2H3,(H2,13,14)/b8-7+,9-6+. The summed E-state index contributed by atoms with van der Waals surface area (Å²) in [5.41, 5.74) is 6.63. The Balaban J connectivity index is 4.60. The third-order valence-corrected chi connectivity index (χ3v) is 1.64. The Hall–Kier alpha value is -1.36. The van der Waals surface area contributed by atoms with Gasteiger partial charge in [0.2, 0.25) is 5.91 Å². The van der Waals surface area contributed by atoms with Gasteiger partial charge in [-0.1, -0.05) is 24.5 Å². The van der Waals surface area contributed by atoms with Crippen LogP contribution in [0.5, 0.6) is 0 Å². The van der Waals surface area contributed by atoms with Crippen LogP contribution in [0, 0.1) is 12.3 Å². The molecule has 0 saturated carbocycles. The first-order valence-electron chi connectivity index (χ1n) is 4.14. The van der Waals surface area contributed by atoms with Gasteiger partial charge in [0.15, 0.2) is 0 Å². The largest absolute Gasteiger partial charge is 0.370 e. The molecule has 0 rings (SSSR count). The molecule has 4 radical (unpaired) electrons. The fourth-order valence-electron chi connectivity index (χ4n) is 0.870. The average molecular weight is 183 g/mol. The van der Waals surface area contributed by atoms with Gasteiger partial charge in [-0.25, -0.2) is 0 Å². The van der Waals surface area contributed by atoms with Crippen molar-refractivity contribution in [2.24, 2.45) is 5.73 Å². The van der Waals surface area contributed by atoms with Gasteiger partial charge in [0, 0.05) is 6.42 Å². The minimum atomic E-state index is -0.378. The summed E-state index contributed by atoms with van der Waals surface area (Å²) in [5, 5.41) is 0. The van der Waals surface area contributed by atoms with Gasteiger partial charge < -0.3 is 5.73 Å². The van der Waals surface area contributed by atoms with Crippen molar-refractivity contribution >= 4 is 21.6 Å². The number of primary amides is 1. The smallest absolute Gasteiger partial charge is 0.217 e. The second kappa shape index (κ2) is 6.15. The third kappa shape index (κ3) is 5.31. The number of allylic oxidation sites excluding steroid dienone is 4. The lowest BCUT2D eigenvalue weighted by atomic mass is 9.85. The Morgan fingerprint density at radius 2 is 2.07 bits per heavy atom. The van der Waals surface area contributed by atoms with Crippen molar-refractivity contribution in [1.82, 2.24) is 0 Å². The molecular weight excluding hydrogens is 172 g/mol. The number of nitrogens with two attached hydrogens (primary N) is 1. The van der Waals surface area contributed by atoms with Crippen LogP contribution in [0.25, 0.3) is 0 Å². The second-order valence-corrected chi connectivity index (χ2v) is 2.92. The SMILES string of the molecule is [B]/C(C#C)=C/C(CCC(N)=O)=C(/[B])C. The van der Waals surface area contributed by atoms with Crippen molar-refractivity contribution in [1.29, 1.82) is 0 Å². The minimum absolute atomic E-state index is 0.234. The maximum absolute atomic E-state index is 10.5. The number of terminal acetylenes is 1. The van der Waals surface area contributed by atoms with Crippen molar-refractivity contribution in [2.45, 2.75) is 19.8 Å². The highest BCUT2D eigenvalue weighted by Gasteiger charge is 2.00. The van der Waals surface area contributed by atoms with Crippen molar-refractivity contribution in [2.75, 3.05) is 0 Å². The zero-order valence-corrected chi connectivity index (χ0v) is 8.21. The van der Waals surface area contributed by atoms with E-state index in [0.717, 1.165) is 5.57 Å². The topological polar surface area (TPSA) is 43.1 Å². The molecule has 0 aliphatic rings. The summed E-state index contributed by atoms with van der Waals surface area (Å²) in [4.78, 5) is 10.5. The van der Waals surface area contributed by atoms with E-state index in [1.165, 1.54) is 0 Å². The lowest BCUT2D eigenvalue weighted by Crippen LogP contribution is -2.10. The Morgan fingerprint density at radius 3 is 2.43 bits per heavy atom. The first-order valence-corrected chi connectivity index (χ1v) is 4.14. The first kappa shape index (κ1) is 12.6. The highest BCUT2D eigenvalue weighted by Crippen LogP contribution is 2.11. The molecule has 0 unspecified atom stereocenters. The number of amides is 1. The number of carbonyl (C=O) groups excluding carboxylic acids is 1. The van der Waals surface area contributed by atoms with Crippen molar-refractivity contribution in [3.05, 3.63) is 22.6 Å². The zero-order valence-electron chi connectivity index (χ0n) is 8.21. The summed E-state index contributed by atoms with van der Waals surface area (Å²) in [6.45, 7) is 1.72. The van der Waals surface area contributed by atoms with E-state index < -0.39 is 0 Å². The predicted molar refractivity (Wildman–Crippen MR) is 59.6 cm³/mol. The monoisotopic (exact) mass is 183 g/mol. The van der Waals surface area contributed by atoms with E-state index in [1.807, 2.05) is 0 Å². The Bertz CT molecular complexity index is 320. The van der Waals surface area contributed by atoms with Gasteiger partial charge in [-0.05, 0) is 11.9 Å². The molecule has 14 heavy (non-hydrogen) atoms. The van der Waals surface area contributed by atoms with Crippen LogP contribution in [0.15, 0.2) is 22.6 Å².